The number of aryl methyl sites for hydroxylation is 2. The minimum Gasteiger partial charge on any atom is -0.495 e. The van der Waals surface area contributed by atoms with Crippen LogP contribution < -0.4 is 10.1 Å². The van der Waals surface area contributed by atoms with Crippen molar-refractivity contribution in [2.45, 2.75) is 38.5 Å². The van der Waals surface area contributed by atoms with Crippen LogP contribution in [0.5, 0.6) is 5.75 Å². The zero-order valence-electron chi connectivity index (χ0n) is 19.3. The third kappa shape index (κ3) is 5.37. The first kappa shape index (κ1) is 23.9. The van der Waals surface area contributed by atoms with Crippen molar-refractivity contribution in [2.24, 2.45) is 10.3 Å². The molecule has 0 unspecified atom stereocenters. The highest BCUT2D eigenvalue weighted by Crippen LogP contribution is 2.32. The van der Waals surface area contributed by atoms with Gasteiger partial charge in [0.1, 0.15) is 10.6 Å². The average Bonchev–Trinajstić information content (AvgIpc) is 2.75. The fourth-order valence-corrected chi connectivity index (χ4v) is 5.26. The van der Waals surface area contributed by atoms with Crippen LogP contribution in [-0.4, -0.2) is 52.2 Å². The molecule has 0 radical (unpaired) electrons. The van der Waals surface area contributed by atoms with Gasteiger partial charge < -0.3 is 15.0 Å². The number of rotatable bonds is 6. The zero-order valence-corrected chi connectivity index (χ0v) is 20.1. The summed E-state index contributed by atoms with van der Waals surface area (Å²) in [5.74, 6) is 0.0383. The fourth-order valence-electron chi connectivity index (χ4n) is 3.91. The molecular formula is C24H31N3O4S. The van der Waals surface area contributed by atoms with E-state index < -0.39 is 10.0 Å². The Hall–Kier alpha value is -2.71. The lowest BCUT2D eigenvalue weighted by molar-refractivity contribution is 0.102. The summed E-state index contributed by atoms with van der Waals surface area (Å²) in [6, 6.07) is 10.3. The van der Waals surface area contributed by atoms with E-state index in [-0.39, 0.29) is 22.5 Å². The fraction of sp³-hybridized carbons (Fsp3) is 0.417. The second-order valence-corrected chi connectivity index (χ2v) is 9.94. The molecule has 8 heteroatoms. The van der Waals surface area contributed by atoms with Crippen LogP contribution in [0.2, 0.25) is 0 Å². The van der Waals surface area contributed by atoms with Crippen molar-refractivity contribution < 1.29 is 17.9 Å². The summed E-state index contributed by atoms with van der Waals surface area (Å²) in [4.78, 5) is 14.9. The van der Waals surface area contributed by atoms with Crippen molar-refractivity contribution >= 4 is 27.3 Å². The first-order valence-electron chi connectivity index (χ1n) is 10.7. The molecule has 7 nitrogen and oxygen atoms in total. The maximum Gasteiger partial charge on any atom is 0.285 e. The second-order valence-electron chi connectivity index (χ2n) is 8.37. The van der Waals surface area contributed by atoms with Crippen LogP contribution in [0.4, 0.5) is 5.69 Å². The lowest BCUT2D eigenvalue weighted by Crippen LogP contribution is -2.33. The summed E-state index contributed by atoms with van der Waals surface area (Å²) in [6.07, 6.45) is 1.78. The highest BCUT2D eigenvalue weighted by molar-refractivity contribution is 7.90. The molecule has 1 heterocycles. The van der Waals surface area contributed by atoms with Gasteiger partial charge in [-0.15, -0.1) is 0 Å². The van der Waals surface area contributed by atoms with Crippen molar-refractivity contribution in [1.82, 2.24) is 4.90 Å². The molecule has 1 aliphatic rings. The maximum atomic E-state index is 13.1. The largest absolute Gasteiger partial charge is 0.495 e. The highest BCUT2D eigenvalue weighted by atomic mass is 32.2. The topological polar surface area (TPSA) is 88.1 Å². The van der Waals surface area contributed by atoms with E-state index in [4.69, 9.17) is 4.74 Å². The van der Waals surface area contributed by atoms with E-state index in [1.54, 1.807) is 32.0 Å². The molecule has 1 N–H and O–H groups in total. The van der Waals surface area contributed by atoms with Gasteiger partial charge in [0.05, 0.1) is 7.11 Å². The van der Waals surface area contributed by atoms with Gasteiger partial charge in [-0.1, -0.05) is 18.2 Å². The summed E-state index contributed by atoms with van der Waals surface area (Å²) >= 11 is 0. The predicted octanol–water partition coefficient (Wildman–Crippen LogP) is 4.06. The number of carbonyl (C=O) groups is 1. The van der Waals surface area contributed by atoms with Gasteiger partial charge in [0.2, 0.25) is 0 Å². The molecule has 2 aromatic rings. The molecular weight excluding hydrogens is 426 g/mol. The lowest BCUT2D eigenvalue weighted by Gasteiger charge is -2.28. The van der Waals surface area contributed by atoms with Crippen LogP contribution >= 0.6 is 0 Å². The second kappa shape index (κ2) is 9.83. The number of hydrogen-bond acceptors (Lipinski definition) is 5. The van der Waals surface area contributed by atoms with Crippen LogP contribution in [0.25, 0.3) is 0 Å². The average molecular weight is 458 g/mol. The minimum absolute atomic E-state index is 0.00123. The standard InChI is InChI=1S/C24H31N3O4S/c1-16-8-6-7-9-20(16)24(28)25-21-15-22(31-5)23(14-17(21)2)32(29,30)26-18(3)19-10-12-27(4)13-11-19/h6-9,14-15,19H,10-13H2,1-5H3,(H,25,28). The summed E-state index contributed by atoms with van der Waals surface area (Å²) in [6.45, 7) is 7.25. The number of benzene rings is 2. The van der Waals surface area contributed by atoms with Gasteiger partial charge in [-0.2, -0.15) is 12.8 Å². The van der Waals surface area contributed by atoms with Crippen LogP contribution in [-0.2, 0) is 10.0 Å². The number of ether oxygens (including phenoxy) is 1. The number of anilines is 1. The normalized spacial score (nSPS) is 16.1. The van der Waals surface area contributed by atoms with E-state index in [9.17, 15) is 13.2 Å². The number of amides is 1. The molecule has 172 valence electrons. The molecule has 1 saturated heterocycles. The van der Waals surface area contributed by atoms with Gasteiger partial charge >= 0.3 is 0 Å². The molecule has 32 heavy (non-hydrogen) atoms. The summed E-state index contributed by atoms with van der Waals surface area (Å²) in [5.41, 5.74) is 3.13. The Morgan fingerprint density at radius 2 is 1.78 bits per heavy atom. The first-order valence-corrected chi connectivity index (χ1v) is 12.1. The molecule has 1 fully saturated rings. The SMILES string of the molecule is COc1cc(NC(=O)c2ccccc2C)c(C)cc1S(=O)(=O)N=C(C)C1CCN(C)CC1. The quantitative estimate of drug-likeness (QED) is 0.661. The Morgan fingerprint density at radius 3 is 2.41 bits per heavy atom. The number of nitrogens with one attached hydrogen (secondary N) is 1. The summed E-state index contributed by atoms with van der Waals surface area (Å²) in [7, 11) is -0.486. The first-order chi connectivity index (χ1) is 15.1. The van der Waals surface area contributed by atoms with E-state index in [1.165, 1.54) is 13.2 Å². The smallest absolute Gasteiger partial charge is 0.285 e. The number of likely N-dealkylation sites (tertiary alicyclic amines) is 1. The molecule has 0 aliphatic carbocycles. The van der Waals surface area contributed by atoms with Gasteiger partial charge in [-0.25, -0.2) is 0 Å². The number of piperidine rings is 1. The maximum absolute atomic E-state index is 13.1. The van der Waals surface area contributed by atoms with E-state index in [1.807, 2.05) is 19.1 Å². The van der Waals surface area contributed by atoms with Gasteiger partial charge in [0.25, 0.3) is 15.9 Å². The molecule has 0 aromatic heterocycles. The molecule has 0 bridgehead atoms. The molecule has 0 atom stereocenters. The number of carbonyl (C=O) groups excluding carboxylic acids is 1. The molecule has 0 saturated carbocycles. The van der Waals surface area contributed by atoms with E-state index in [0.29, 0.717) is 22.5 Å². The van der Waals surface area contributed by atoms with Crippen LogP contribution in [0.3, 0.4) is 0 Å². The Morgan fingerprint density at radius 1 is 1.12 bits per heavy atom. The monoisotopic (exact) mass is 457 g/mol. The zero-order chi connectivity index (χ0) is 23.5. The van der Waals surface area contributed by atoms with Gasteiger partial charge in [-0.3, -0.25) is 4.79 Å². The van der Waals surface area contributed by atoms with Gasteiger partial charge in [0.15, 0.2) is 0 Å². The molecule has 1 amide bonds. The van der Waals surface area contributed by atoms with Crippen molar-refractivity contribution in [3.8, 4) is 5.75 Å². The third-order valence-corrected chi connectivity index (χ3v) is 7.40. The van der Waals surface area contributed by atoms with Gasteiger partial charge in [0, 0.05) is 28.9 Å². The Balaban J connectivity index is 1.89. The van der Waals surface area contributed by atoms with Gasteiger partial charge in [-0.05, 0) is 77.0 Å². The number of hydrogen-bond donors (Lipinski definition) is 1. The summed E-state index contributed by atoms with van der Waals surface area (Å²) < 4.78 is 35.7. The molecule has 1 aliphatic heterocycles. The van der Waals surface area contributed by atoms with E-state index in [0.717, 1.165) is 31.5 Å². The van der Waals surface area contributed by atoms with E-state index >= 15 is 0 Å². The lowest BCUT2D eigenvalue weighted by atomic mass is 9.93. The Labute approximate surface area is 190 Å². The Bertz CT molecular complexity index is 1130. The van der Waals surface area contributed by atoms with Crippen LogP contribution in [0.15, 0.2) is 45.7 Å². The highest BCUT2D eigenvalue weighted by Gasteiger charge is 2.25. The van der Waals surface area contributed by atoms with Crippen molar-refractivity contribution in [2.75, 3.05) is 32.6 Å². The molecule has 2 aromatic carbocycles. The molecule has 3 rings (SSSR count). The van der Waals surface area contributed by atoms with Crippen LogP contribution in [0.1, 0.15) is 41.3 Å². The molecule has 0 spiro atoms. The number of methoxy groups -OCH3 is 1. The van der Waals surface area contributed by atoms with Crippen molar-refractivity contribution in [3.63, 3.8) is 0 Å². The number of nitrogens with zero attached hydrogens (tertiary/aromatic N) is 2. The third-order valence-electron chi connectivity index (χ3n) is 6.00. The van der Waals surface area contributed by atoms with Crippen molar-refractivity contribution in [3.05, 3.63) is 53.1 Å². The summed E-state index contributed by atoms with van der Waals surface area (Å²) in [5, 5.41) is 2.86. The minimum atomic E-state index is -3.96. The number of sulfonamides is 1. The van der Waals surface area contributed by atoms with Crippen LogP contribution in [0, 0.1) is 19.8 Å². The van der Waals surface area contributed by atoms with Crippen molar-refractivity contribution in [1.29, 1.82) is 0 Å². The predicted molar refractivity (Wildman–Crippen MR) is 127 cm³/mol. The Kier molecular flexibility index (Phi) is 7.36. The van der Waals surface area contributed by atoms with E-state index in [2.05, 4.69) is 21.7 Å².